The predicted molar refractivity (Wildman–Crippen MR) is 77.0 cm³/mol. The lowest BCUT2D eigenvalue weighted by Gasteiger charge is -2.12. The monoisotopic (exact) mass is 274 g/mol. The van der Waals surface area contributed by atoms with E-state index in [4.69, 9.17) is 10.5 Å². The van der Waals surface area contributed by atoms with Crippen LogP contribution in [-0.4, -0.2) is 34.0 Å². The van der Waals surface area contributed by atoms with E-state index < -0.39 is 0 Å². The van der Waals surface area contributed by atoms with Gasteiger partial charge in [0.2, 0.25) is 11.9 Å². The molecule has 0 fully saturated rings. The first-order valence-corrected chi connectivity index (χ1v) is 6.33. The number of nitrogens with two attached hydrogens (primary N) is 1. The molecule has 0 atom stereocenters. The minimum Gasteiger partial charge on any atom is -0.422 e. The van der Waals surface area contributed by atoms with E-state index in [9.17, 15) is 0 Å². The molecular weight excluding hydrogens is 256 g/mol. The summed E-state index contributed by atoms with van der Waals surface area (Å²) in [4.78, 5) is 18.4. The molecule has 0 radical (unpaired) electrons. The summed E-state index contributed by atoms with van der Waals surface area (Å²) in [6.07, 6.45) is 0.762. The Balaban J connectivity index is 2.34. The lowest BCUT2D eigenvalue weighted by atomic mass is 10.2. The van der Waals surface area contributed by atoms with Crippen LogP contribution in [0.1, 0.15) is 18.3 Å². The van der Waals surface area contributed by atoms with Crippen LogP contribution >= 0.6 is 0 Å². The molecule has 0 amide bonds. The van der Waals surface area contributed by atoms with E-state index in [0.29, 0.717) is 11.7 Å². The van der Waals surface area contributed by atoms with Crippen LogP contribution in [0.4, 0.5) is 11.9 Å². The molecule has 0 bridgehead atoms. The third-order valence-corrected chi connectivity index (χ3v) is 2.63. The molecule has 2 aromatic heterocycles. The molecule has 2 heterocycles. The minimum atomic E-state index is 0.122. The number of anilines is 2. The van der Waals surface area contributed by atoms with Crippen molar-refractivity contribution in [3.05, 3.63) is 23.5 Å². The van der Waals surface area contributed by atoms with Crippen molar-refractivity contribution in [1.82, 2.24) is 19.9 Å². The number of rotatable bonds is 4. The van der Waals surface area contributed by atoms with Crippen molar-refractivity contribution in [3.63, 3.8) is 0 Å². The number of ether oxygens (including phenoxy) is 1. The molecule has 0 unspecified atom stereocenters. The number of aromatic nitrogens is 4. The number of nitrogens with zero attached hydrogens (tertiary/aromatic N) is 5. The maximum atomic E-state index is 5.70. The highest BCUT2D eigenvalue weighted by Crippen LogP contribution is 2.23. The van der Waals surface area contributed by atoms with Gasteiger partial charge >= 0.3 is 6.01 Å². The van der Waals surface area contributed by atoms with E-state index in [1.54, 1.807) is 4.90 Å². The molecule has 0 aliphatic carbocycles. The van der Waals surface area contributed by atoms with Gasteiger partial charge < -0.3 is 15.4 Å². The standard InChI is InChI=1S/C13H18N6O/c1-5-9-10(7-6-8(2)15-9)20-13-17-11(14)16-12(18-13)19(3)4/h6-7H,5H2,1-4H3,(H2,14,16,17,18). The maximum Gasteiger partial charge on any atom is 0.328 e. The highest BCUT2D eigenvalue weighted by atomic mass is 16.5. The first kappa shape index (κ1) is 14.0. The van der Waals surface area contributed by atoms with Crippen LogP contribution in [0.3, 0.4) is 0 Å². The number of aryl methyl sites for hydroxylation is 2. The Labute approximate surface area is 117 Å². The van der Waals surface area contributed by atoms with E-state index in [1.165, 1.54) is 0 Å². The van der Waals surface area contributed by atoms with Crippen molar-refractivity contribution < 1.29 is 4.74 Å². The smallest absolute Gasteiger partial charge is 0.328 e. The highest BCUT2D eigenvalue weighted by Gasteiger charge is 2.11. The van der Waals surface area contributed by atoms with Gasteiger partial charge in [0.15, 0.2) is 5.75 Å². The summed E-state index contributed by atoms with van der Waals surface area (Å²) in [5.41, 5.74) is 7.46. The lowest BCUT2D eigenvalue weighted by molar-refractivity contribution is 0.433. The Bertz CT molecular complexity index is 614. The fourth-order valence-electron chi connectivity index (χ4n) is 1.65. The van der Waals surface area contributed by atoms with Gasteiger partial charge in [0.1, 0.15) is 0 Å². The summed E-state index contributed by atoms with van der Waals surface area (Å²) in [5.74, 6) is 1.20. The first-order chi connectivity index (χ1) is 9.49. The Morgan fingerprint density at radius 3 is 2.55 bits per heavy atom. The van der Waals surface area contributed by atoms with Gasteiger partial charge in [-0.2, -0.15) is 15.0 Å². The molecule has 2 aromatic rings. The van der Waals surface area contributed by atoms with Gasteiger partial charge in [-0.1, -0.05) is 6.92 Å². The molecule has 0 spiro atoms. The largest absolute Gasteiger partial charge is 0.422 e. The van der Waals surface area contributed by atoms with E-state index in [1.807, 2.05) is 40.1 Å². The van der Waals surface area contributed by atoms with Crippen LogP contribution in [0.2, 0.25) is 0 Å². The van der Waals surface area contributed by atoms with Crippen LogP contribution in [0, 0.1) is 6.92 Å². The Morgan fingerprint density at radius 1 is 1.15 bits per heavy atom. The number of pyridine rings is 1. The van der Waals surface area contributed by atoms with Crippen molar-refractivity contribution in [2.75, 3.05) is 24.7 Å². The van der Waals surface area contributed by atoms with Gasteiger partial charge in [-0.3, -0.25) is 4.98 Å². The van der Waals surface area contributed by atoms with Crippen molar-refractivity contribution in [2.45, 2.75) is 20.3 Å². The zero-order valence-corrected chi connectivity index (χ0v) is 12.1. The van der Waals surface area contributed by atoms with E-state index >= 15 is 0 Å². The molecular formula is C13H18N6O. The summed E-state index contributed by atoms with van der Waals surface area (Å²) in [6.45, 7) is 3.95. The lowest BCUT2D eigenvalue weighted by Crippen LogP contribution is -2.15. The number of nitrogen functional groups attached to an aromatic ring is 1. The third-order valence-electron chi connectivity index (χ3n) is 2.63. The SMILES string of the molecule is CCc1nc(C)ccc1Oc1nc(N)nc(N(C)C)n1. The van der Waals surface area contributed by atoms with Crippen molar-refractivity contribution in [2.24, 2.45) is 0 Å². The van der Waals surface area contributed by atoms with Crippen molar-refractivity contribution in [1.29, 1.82) is 0 Å². The molecule has 106 valence electrons. The molecule has 0 saturated carbocycles. The van der Waals surface area contributed by atoms with Crippen molar-refractivity contribution in [3.8, 4) is 11.8 Å². The normalized spacial score (nSPS) is 10.4. The van der Waals surface area contributed by atoms with Gasteiger partial charge in [0.05, 0.1) is 5.69 Å². The van der Waals surface area contributed by atoms with E-state index in [-0.39, 0.29) is 12.0 Å². The van der Waals surface area contributed by atoms with Crippen LogP contribution < -0.4 is 15.4 Å². The molecule has 7 heteroatoms. The first-order valence-electron chi connectivity index (χ1n) is 6.33. The van der Waals surface area contributed by atoms with Gasteiger partial charge in [0.25, 0.3) is 0 Å². The average molecular weight is 274 g/mol. The van der Waals surface area contributed by atoms with Crippen LogP contribution in [0.5, 0.6) is 11.8 Å². The zero-order valence-electron chi connectivity index (χ0n) is 12.1. The van der Waals surface area contributed by atoms with Crippen LogP contribution in [0.25, 0.3) is 0 Å². The number of hydrogen-bond acceptors (Lipinski definition) is 7. The van der Waals surface area contributed by atoms with E-state index in [2.05, 4.69) is 19.9 Å². The van der Waals surface area contributed by atoms with Crippen LogP contribution in [-0.2, 0) is 6.42 Å². The minimum absolute atomic E-state index is 0.122. The highest BCUT2D eigenvalue weighted by molar-refractivity contribution is 5.36. The molecule has 0 aromatic carbocycles. The van der Waals surface area contributed by atoms with Gasteiger partial charge in [-0.15, -0.1) is 0 Å². The summed E-state index contributed by atoms with van der Waals surface area (Å²) >= 11 is 0. The summed E-state index contributed by atoms with van der Waals surface area (Å²) in [7, 11) is 3.65. The van der Waals surface area contributed by atoms with Gasteiger partial charge in [0, 0.05) is 19.8 Å². The molecule has 0 aliphatic heterocycles. The quantitative estimate of drug-likeness (QED) is 0.905. The van der Waals surface area contributed by atoms with Crippen molar-refractivity contribution >= 4 is 11.9 Å². The zero-order chi connectivity index (χ0) is 14.7. The molecule has 7 nitrogen and oxygen atoms in total. The topological polar surface area (TPSA) is 90.0 Å². The van der Waals surface area contributed by atoms with E-state index in [0.717, 1.165) is 17.8 Å². The Morgan fingerprint density at radius 2 is 1.90 bits per heavy atom. The third kappa shape index (κ3) is 3.11. The molecule has 20 heavy (non-hydrogen) atoms. The molecule has 2 rings (SSSR count). The molecule has 2 N–H and O–H groups in total. The molecule has 0 aliphatic rings. The molecule has 0 saturated heterocycles. The Kier molecular flexibility index (Phi) is 3.97. The fourth-order valence-corrected chi connectivity index (χ4v) is 1.65. The van der Waals surface area contributed by atoms with Crippen LogP contribution in [0.15, 0.2) is 12.1 Å². The summed E-state index contributed by atoms with van der Waals surface area (Å²) in [6, 6.07) is 3.91. The second-order valence-corrected chi connectivity index (χ2v) is 4.52. The number of hydrogen-bond donors (Lipinski definition) is 1. The summed E-state index contributed by atoms with van der Waals surface area (Å²) in [5, 5.41) is 0. The Hall–Kier alpha value is -2.44. The average Bonchev–Trinajstić information content (AvgIpc) is 2.40. The van der Waals surface area contributed by atoms with Gasteiger partial charge in [-0.05, 0) is 25.5 Å². The van der Waals surface area contributed by atoms with Gasteiger partial charge in [-0.25, -0.2) is 0 Å². The maximum absolute atomic E-state index is 5.70. The summed E-state index contributed by atoms with van der Waals surface area (Å²) < 4.78 is 5.70. The fraction of sp³-hybridized carbons (Fsp3) is 0.385. The second-order valence-electron chi connectivity index (χ2n) is 4.52. The predicted octanol–water partition coefficient (Wildman–Crippen LogP) is 1.58. The second kappa shape index (κ2) is 5.68.